The van der Waals surface area contributed by atoms with Crippen molar-refractivity contribution < 1.29 is 9.50 Å². The highest BCUT2D eigenvalue weighted by Gasteiger charge is 2.19. The normalized spacial score (nSPS) is 15.4. The Balaban J connectivity index is 0.00000208. The first-order valence-corrected chi connectivity index (χ1v) is 8.96. The summed E-state index contributed by atoms with van der Waals surface area (Å²) in [6, 6.07) is 7.58. The van der Waals surface area contributed by atoms with E-state index < -0.39 is 0 Å². The topological polar surface area (TPSA) is 35.5 Å². The molecule has 24 heavy (non-hydrogen) atoms. The Morgan fingerprint density at radius 1 is 1.25 bits per heavy atom. The van der Waals surface area contributed by atoms with Crippen molar-refractivity contribution in [3.05, 3.63) is 51.5 Å². The standard InChI is InChI=1S/C18H23FN2OS.ClH/c1-13-6-9-23-18(13)12-20-11-14-2-3-17(16(19)10-14)21-7-4-15(22)5-8-21;/h2-3,6,9-10,15,20,22H,4-5,7-8,11-12H2,1H3;1H. The predicted molar refractivity (Wildman–Crippen MR) is 101 cm³/mol. The Bertz CT molecular complexity index is 656. The van der Waals surface area contributed by atoms with E-state index in [2.05, 4.69) is 23.7 Å². The lowest BCUT2D eigenvalue weighted by atomic mass is 10.1. The molecule has 2 heterocycles. The molecule has 0 bridgehead atoms. The Morgan fingerprint density at radius 2 is 2.00 bits per heavy atom. The molecule has 1 aliphatic rings. The molecule has 0 aliphatic carbocycles. The van der Waals surface area contributed by atoms with Crippen molar-refractivity contribution >= 4 is 29.4 Å². The van der Waals surface area contributed by atoms with Gasteiger partial charge >= 0.3 is 0 Å². The summed E-state index contributed by atoms with van der Waals surface area (Å²) in [5.74, 6) is -0.173. The first-order chi connectivity index (χ1) is 11.1. The molecule has 0 spiro atoms. The zero-order valence-corrected chi connectivity index (χ0v) is 15.4. The number of halogens is 2. The van der Waals surface area contributed by atoms with Crippen molar-refractivity contribution in [2.24, 2.45) is 0 Å². The minimum Gasteiger partial charge on any atom is -0.393 e. The van der Waals surface area contributed by atoms with Crippen molar-refractivity contribution in [1.82, 2.24) is 5.32 Å². The summed E-state index contributed by atoms with van der Waals surface area (Å²) in [7, 11) is 0. The number of aliphatic hydroxyl groups excluding tert-OH is 1. The van der Waals surface area contributed by atoms with Crippen LogP contribution in [0.5, 0.6) is 0 Å². The molecule has 1 fully saturated rings. The molecule has 0 radical (unpaired) electrons. The van der Waals surface area contributed by atoms with Gasteiger partial charge in [-0.25, -0.2) is 4.39 Å². The van der Waals surface area contributed by atoms with Crippen LogP contribution in [0.25, 0.3) is 0 Å². The third kappa shape index (κ3) is 4.70. The van der Waals surface area contributed by atoms with Gasteiger partial charge in [-0.15, -0.1) is 23.7 Å². The number of hydrogen-bond acceptors (Lipinski definition) is 4. The summed E-state index contributed by atoms with van der Waals surface area (Å²) in [4.78, 5) is 3.35. The van der Waals surface area contributed by atoms with Crippen LogP contribution in [-0.2, 0) is 13.1 Å². The van der Waals surface area contributed by atoms with Crippen LogP contribution in [0.3, 0.4) is 0 Å². The summed E-state index contributed by atoms with van der Waals surface area (Å²) in [5.41, 5.74) is 2.91. The maximum Gasteiger partial charge on any atom is 0.146 e. The molecule has 0 saturated carbocycles. The SMILES string of the molecule is Cc1ccsc1CNCc1ccc(N2CCC(O)CC2)c(F)c1.Cl. The summed E-state index contributed by atoms with van der Waals surface area (Å²) in [6.45, 7) is 5.02. The Hall–Kier alpha value is -1.14. The first-order valence-electron chi connectivity index (χ1n) is 8.08. The van der Waals surface area contributed by atoms with E-state index in [1.807, 2.05) is 17.0 Å². The van der Waals surface area contributed by atoms with Gasteiger partial charge in [0.25, 0.3) is 0 Å². The van der Waals surface area contributed by atoms with E-state index in [1.54, 1.807) is 17.4 Å². The summed E-state index contributed by atoms with van der Waals surface area (Å²) >= 11 is 1.75. The zero-order valence-electron chi connectivity index (χ0n) is 13.8. The van der Waals surface area contributed by atoms with Crippen LogP contribution < -0.4 is 10.2 Å². The van der Waals surface area contributed by atoms with Gasteiger partial charge in [0.2, 0.25) is 0 Å². The van der Waals surface area contributed by atoms with Gasteiger partial charge in [-0.1, -0.05) is 6.07 Å². The van der Waals surface area contributed by atoms with Gasteiger partial charge in [-0.2, -0.15) is 0 Å². The molecule has 1 aromatic carbocycles. The Kier molecular flexibility index (Phi) is 7.04. The predicted octanol–water partition coefficient (Wildman–Crippen LogP) is 3.87. The third-order valence-electron chi connectivity index (χ3n) is 4.40. The highest BCUT2D eigenvalue weighted by Crippen LogP contribution is 2.24. The van der Waals surface area contributed by atoms with Crippen LogP contribution in [0.1, 0.15) is 28.8 Å². The molecule has 0 amide bonds. The molecule has 1 aliphatic heterocycles. The maximum atomic E-state index is 14.4. The van der Waals surface area contributed by atoms with Crippen molar-refractivity contribution in [1.29, 1.82) is 0 Å². The molecule has 2 aromatic rings. The van der Waals surface area contributed by atoms with Crippen LogP contribution in [0, 0.1) is 12.7 Å². The largest absolute Gasteiger partial charge is 0.393 e. The fourth-order valence-corrected chi connectivity index (χ4v) is 3.80. The van der Waals surface area contributed by atoms with E-state index in [0.29, 0.717) is 38.2 Å². The number of benzene rings is 1. The smallest absolute Gasteiger partial charge is 0.146 e. The van der Waals surface area contributed by atoms with Gasteiger partial charge < -0.3 is 15.3 Å². The van der Waals surface area contributed by atoms with Gasteiger partial charge in [0.1, 0.15) is 5.82 Å². The molecule has 3 nitrogen and oxygen atoms in total. The maximum absolute atomic E-state index is 14.4. The quantitative estimate of drug-likeness (QED) is 0.838. The number of piperidine rings is 1. The average molecular weight is 371 g/mol. The molecule has 1 saturated heterocycles. The highest BCUT2D eigenvalue weighted by atomic mass is 35.5. The zero-order chi connectivity index (χ0) is 16.2. The van der Waals surface area contributed by atoms with E-state index in [1.165, 1.54) is 10.4 Å². The molecular formula is C18H24ClFN2OS. The molecule has 3 rings (SSSR count). The van der Waals surface area contributed by atoms with Crippen LogP contribution in [0.4, 0.5) is 10.1 Å². The second-order valence-electron chi connectivity index (χ2n) is 6.13. The number of nitrogens with zero attached hydrogens (tertiary/aromatic N) is 1. The lowest BCUT2D eigenvalue weighted by Crippen LogP contribution is -2.36. The molecule has 0 unspecified atom stereocenters. The summed E-state index contributed by atoms with van der Waals surface area (Å²) in [6.07, 6.45) is 1.18. The molecule has 1 aromatic heterocycles. The lowest BCUT2D eigenvalue weighted by molar-refractivity contribution is 0.145. The number of aryl methyl sites for hydroxylation is 1. The Morgan fingerprint density at radius 3 is 2.62 bits per heavy atom. The highest BCUT2D eigenvalue weighted by molar-refractivity contribution is 7.10. The molecule has 0 atom stereocenters. The third-order valence-corrected chi connectivity index (χ3v) is 5.42. The first kappa shape index (κ1) is 19.2. The van der Waals surface area contributed by atoms with Crippen molar-refractivity contribution in [3.8, 4) is 0 Å². The van der Waals surface area contributed by atoms with Gasteiger partial charge in [0.05, 0.1) is 11.8 Å². The van der Waals surface area contributed by atoms with Crippen LogP contribution in [0.2, 0.25) is 0 Å². The number of hydrogen-bond donors (Lipinski definition) is 2. The van der Waals surface area contributed by atoms with Gasteiger partial charge in [0, 0.05) is 31.1 Å². The summed E-state index contributed by atoms with van der Waals surface area (Å²) in [5, 5.41) is 15.0. The van der Waals surface area contributed by atoms with E-state index >= 15 is 0 Å². The fourth-order valence-electron chi connectivity index (χ4n) is 2.93. The van der Waals surface area contributed by atoms with E-state index in [4.69, 9.17) is 0 Å². The molecule has 2 N–H and O–H groups in total. The second kappa shape index (κ2) is 8.81. The minimum atomic E-state index is -0.238. The van der Waals surface area contributed by atoms with Crippen LogP contribution in [0.15, 0.2) is 29.6 Å². The van der Waals surface area contributed by atoms with Crippen molar-refractivity contribution in [2.75, 3.05) is 18.0 Å². The van der Waals surface area contributed by atoms with Crippen molar-refractivity contribution in [3.63, 3.8) is 0 Å². The number of anilines is 1. The number of thiophene rings is 1. The van der Waals surface area contributed by atoms with E-state index in [-0.39, 0.29) is 24.3 Å². The minimum absolute atomic E-state index is 0. The van der Waals surface area contributed by atoms with Gasteiger partial charge in [-0.3, -0.25) is 0 Å². The number of nitrogens with one attached hydrogen (secondary N) is 1. The monoisotopic (exact) mass is 370 g/mol. The second-order valence-corrected chi connectivity index (χ2v) is 7.13. The Labute approximate surface area is 152 Å². The van der Waals surface area contributed by atoms with Gasteiger partial charge in [0.15, 0.2) is 0 Å². The van der Waals surface area contributed by atoms with Gasteiger partial charge in [-0.05, 0) is 54.5 Å². The van der Waals surface area contributed by atoms with Crippen molar-refractivity contribution in [2.45, 2.75) is 39.0 Å². The molecule has 132 valence electrons. The molecular weight excluding hydrogens is 347 g/mol. The lowest BCUT2D eigenvalue weighted by Gasteiger charge is -2.31. The molecule has 6 heteroatoms. The van der Waals surface area contributed by atoms with E-state index in [0.717, 1.165) is 12.1 Å². The fraction of sp³-hybridized carbons (Fsp3) is 0.444. The summed E-state index contributed by atoms with van der Waals surface area (Å²) < 4.78 is 14.4. The van der Waals surface area contributed by atoms with Crippen LogP contribution in [-0.4, -0.2) is 24.3 Å². The number of rotatable bonds is 5. The number of aliphatic hydroxyl groups is 1. The van der Waals surface area contributed by atoms with Crippen LogP contribution >= 0.6 is 23.7 Å². The average Bonchev–Trinajstić information content (AvgIpc) is 2.94. The van der Waals surface area contributed by atoms with E-state index in [9.17, 15) is 9.50 Å².